The average molecular weight is 727 g/mol. The number of benzene rings is 2. The molecule has 4 rings (SSSR count). The maximum atomic E-state index is 13.4. The molecule has 0 unspecified atom stereocenters. The fourth-order valence-electron chi connectivity index (χ4n) is 5.68. The number of hydrogen-bond acceptors (Lipinski definition) is 14. The molecule has 1 aromatic heterocycles. The van der Waals surface area contributed by atoms with Gasteiger partial charge in [0.1, 0.15) is 30.7 Å². The van der Waals surface area contributed by atoms with Crippen LogP contribution in [0.1, 0.15) is 78.7 Å². The van der Waals surface area contributed by atoms with Gasteiger partial charge in [0.05, 0.1) is 12.0 Å². The topological polar surface area (TPSA) is 172 Å². The van der Waals surface area contributed by atoms with Crippen molar-refractivity contribution in [2.45, 2.75) is 110 Å². The van der Waals surface area contributed by atoms with E-state index in [4.69, 9.17) is 42.3 Å². The molecule has 5 atom stereocenters. The molecule has 1 saturated heterocycles. The van der Waals surface area contributed by atoms with Gasteiger partial charge in [-0.05, 0) is 24.1 Å². The number of fused-ring (bicyclic) bond motifs is 1. The minimum atomic E-state index is -1.49. The molecule has 0 aliphatic carbocycles. The first-order valence-corrected chi connectivity index (χ1v) is 17.3. The molecule has 1 aliphatic rings. The van der Waals surface area contributed by atoms with Crippen molar-refractivity contribution >= 4 is 34.8 Å². The lowest BCUT2D eigenvalue weighted by atomic mass is 9.98. The molecular weight excluding hydrogens is 680 g/mol. The van der Waals surface area contributed by atoms with Crippen molar-refractivity contribution in [3.63, 3.8) is 0 Å². The summed E-state index contributed by atoms with van der Waals surface area (Å²) in [7, 11) is 0. The smallest absolute Gasteiger partial charge is 0.383 e. The molecule has 14 heteroatoms. The van der Waals surface area contributed by atoms with Crippen LogP contribution in [0.25, 0.3) is 11.0 Å². The second-order valence-corrected chi connectivity index (χ2v) is 12.3. The lowest BCUT2D eigenvalue weighted by Gasteiger charge is -2.43. The van der Waals surface area contributed by atoms with Crippen molar-refractivity contribution in [2.24, 2.45) is 0 Å². The van der Waals surface area contributed by atoms with E-state index in [0.29, 0.717) is 12.0 Å². The van der Waals surface area contributed by atoms with Crippen molar-refractivity contribution in [3.8, 4) is 17.2 Å². The molecule has 0 radical (unpaired) electrons. The SMILES string of the molecule is CCCCCCCCOc1c(OCc2ccccc2)c2ccc(O[C@@H]3O[C@H](COC(C)=O)[C@@H](OC(C)=O)[C@H](OC(C)=O)[C@H]3OC(C)=O)cc2oc1=O. The minimum Gasteiger partial charge on any atom is -0.484 e. The van der Waals surface area contributed by atoms with Crippen LogP contribution in [0, 0.1) is 0 Å². The summed E-state index contributed by atoms with van der Waals surface area (Å²) in [4.78, 5) is 61.5. The van der Waals surface area contributed by atoms with Gasteiger partial charge >= 0.3 is 29.5 Å². The number of carbonyl (C=O) groups excluding carboxylic acids is 4. The van der Waals surface area contributed by atoms with Gasteiger partial charge in [0.15, 0.2) is 18.0 Å². The summed E-state index contributed by atoms with van der Waals surface area (Å²) in [6.45, 7) is 6.73. The van der Waals surface area contributed by atoms with Crippen LogP contribution in [0.3, 0.4) is 0 Å². The van der Waals surface area contributed by atoms with Crippen LogP contribution in [0.15, 0.2) is 57.7 Å². The quantitative estimate of drug-likeness (QED) is 0.0689. The predicted molar refractivity (Wildman–Crippen MR) is 185 cm³/mol. The Bertz CT molecular complexity index is 1720. The van der Waals surface area contributed by atoms with Gasteiger partial charge < -0.3 is 42.3 Å². The molecule has 1 aliphatic heterocycles. The van der Waals surface area contributed by atoms with Gasteiger partial charge in [-0.2, -0.15) is 0 Å². The van der Waals surface area contributed by atoms with Crippen molar-refractivity contribution in [1.82, 2.24) is 0 Å². The van der Waals surface area contributed by atoms with Crippen molar-refractivity contribution in [3.05, 3.63) is 64.5 Å². The third kappa shape index (κ3) is 11.5. The van der Waals surface area contributed by atoms with E-state index < -0.39 is 66.8 Å². The fourth-order valence-corrected chi connectivity index (χ4v) is 5.68. The first-order valence-electron chi connectivity index (χ1n) is 17.3. The van der Waals surface area contributed by atoms with Crippen LogP contribution in [-0.2, 0) is 49.5 Å². The van der Waals surface area contributed by atoms with E-state index in [-0.39, 0.29) is 29.4 Å². The molecule has 3 aromatic rings. The maximum absolute atomic E-state index is 13.4. The summed E-state index contributed by atoms with van der Waals surface area (Å²) in [6, 6.07) is 14.0. The third-order valence-electron chi connectivity index (χ3n) is 7.96. The molecular formula is C38H46O14. The molecule has 2 heterocycles. The van der Waals surface area contributed by atoms with E-state index in [0.717, 1.165) is 58.4 Å². The van der Waals surface area contributed by atoms with Gasteiger partial charge in [0, 0.05) is 33.8 Å². The van der Waals surface area contributed by atoms with Crippen molar-refractivity contribution in [2.75, 3.05) is 13.2 Å². The standard InChI is InChI=1S/C38H46O14/c1-6-7-8-9-10-14-19-44-35-32(46-21-27-15-12-11-13-16-27)29-18-17-28(20-30(29)51-37(35)43)50-38-36(49-26(5)42)34(48-25(4)41)33(47-24(3)40)31(52-38)22-45-23(2)39/h11-13,15-18,20,31,33-34,36,38H,6-10,14,19,21-22H2,1-5H3/t31-,33-,34+,36-,38-/m1/s1. The van der Waals surface area contributed by atoms with E-state index in [1.165, 1.54) is 19.4 Å². The monoisotopic (exact) mass is 726 g/mol. The van der Waals surface area contributed by atoms with E-state index >= 15 is 0 Å². The number of rotatable bonds is 18. The Morgan fingerprint density at radius 2 is 1.37 bits per heavy atom. The van der Waals surface area contributed by atoms with Crippen LogP contribution in [-0.4, -0.2) is 67.8 Å². The first-order chi connectivity index (χ1) is 25.0. The Kier molecular flexibility index (Phi) is 14.9. The molecule has 0 saturated carbocycles. The predicted octanol–water partition coefficient (Wildman–Crippen LogP) is 5.57. The van der Waals surface area contributed by atoms with E-state index in [2.05, 4.69) is 6.92 Å². The van der Waals surface area contributed by atoms with Gasteiger partial charge in [-0.15, -0.1) is 0 Å². The van der Waals surface area contributed by atoms with E-state index in [9.17, 15) is 24.0 Å². The molecule has 0 N–H and O–H groups in total. The molecule has 14 nitrogen and oxygen atoms in total. The maximum Gasteiger partial charge on any atom is 0.383 e. The summed E-state index contributed by atoms with van der Waals surface area (Å²) in [5.74, 6) is -2.74. The Labute approximate surface area is 301 Å². The van der Waals surface area contributed by atoms with Gasteiger partial charge in [0.25, 0.3) is 0 Å². The van der Waals surface area contributed by atoms with Crippen LogP contribution < -0.4 is 19.8 Å². The molecule has 0 spiro atoms. The highest BCUT2D eigenvalue weighted by molar-refractivity contribution is 5.86. The lowest BCUT2D eigenvalue weighted by molar-refractivity contribution is -0.288. The summed E-state index contributed by atoms with van der Waals surface area (Å²) in [5, 5.41) is 0.419. The Balaban J connectivity index is 1.68. The Morgan fingerprint density at radius 3 is 2.04 bits per heavy atom. The van der Waals surface area contributed by atoms with Gasteiger partial charge in [-0.25, -0.2) is 4.79 Å². The zero-order chi connectivity index (χ0) is 37.6. The van der Waals surface area contributed by atoms with Crippen LogP contribution in [0.4, 0.5) is 0 Å². The molecule has 282 valence electrons. The van der Waals surface area contributed by atoms with Crippen LogP contribution in [0.2, 0.25) is 0 Å². The van der Waals surface area contributed by atoms with Crippen molar-refractivity contribution < 1.29 is 61.5 Å². The van der Waals surface area contributed by atoms with Crippen LogP contribution in [0.5, 0.6) is 17.2 Å². The molecule has 0 amide bonds. The fraction of sp³-hybridized carbons (Fsp3) is 0.500. The Hall–Kier alpha value is -5.11. The highest BCUT2D eigenvalue weighted by Gasteiger charge is 2.53. The summed E-state index contributed by atoms with van der Waals surface area (Å²) >= 11 is 0. The zero-order valence-corrected chi connectivity index (χ0v) is 30.1. The van der Waals surface area contributed by atoms with E-state index in [1.807, 2.05) is 30.3 Å². The summed E-state index contributed by atoms with van der Waals surface area (Å²) < 4.78 is 51.5. The van der Waals surface area contributed by atoms with Gasteiger partial charge in [0.2, 0.25) is 18.1 Å². The van der Waals surface area contributed by atoms with Crippen molar-refractivity contribution in [1.29, 1.82) is 0 Å². The molecule has 2 aromatic carbocycles. The average Bonchev–Trinajstić information content (AvgIpc) is 3.09. The highest BCUT2D eigenvalue weighted by atomic mass is 16.7. The number of carbonyl (C=O) groups is 4. The van der Waals surface area contributed by atoms with Gasteiger partial charge in [-0.1, -0.05) is 69.4 Å². The molecule has 0 bridgehead atoms. The number of unbranched alkanes of at least 4 members (excludes halogenated alkanes) is 5. The van der Waals surface area contributed by atoms with Crippen LogP contribution >= 0.6 is 0 Å². The Morgan fingerprint density at radius 1 is 0.712 bits per heavy atom. The molecule has 52 heavy (non-hydrogen) atoms. The first kappa shape index (κ1) is 39.7. The number of hydrogen-bond donors (Lipinski definition) is 0. The summed E-state index contributed by atoms with van der Waals surface area (Å²) in [6.07, 6.45) is -0.685. The normalized spacial score (nSPS) is 19.7. The second-order valence-electron chi connectivity index (χ2n) is 12.3. The van der Waals surface area contributed by atoms with Gasteiger partial charge in [-0.3, -0.25) is 19.2 Å². The third-order valence-corrected chi connectivity index (χ3v) is 7.96. The number of ether oxygens (including phenoxy) is 8. The lowest BCUT2D eigenvalue weighted by Crippen LogP contribution is -2.63. The zero-order valence-electron chi connectivity index (χ0n) is 30.1. The highest BCUT2D eigenvalue weighted by Crippen LogP contribution is 2.37. The molecule has 1 fully saturated rings. The number of esters is 4. The van der Waals surface area contributed by atoms with E-state index in [1.54, 1.807) is 12.1 Å². The largest absolute Gasteiger partial charge is 0.484 e. The summed E-state index contributed by atoms with van der Waals surface area (Å²) in [5.41, 5.74) is 0.198. The minimum absolute atomic E-state index is 0.0507. The second kappa shape index (κ2) is 19.5.